The lowest BCUT2D eigenvalue weighted by Crippen LogP contribution is -2.09. The number of benzene rings is 3. The summed E-state index contributed by atoms with van der Waals surface area (Å²) in [6.07, 6.45) is -1.14. The average Bonchev–Trinajstić information content (AvgIpc) is 3.37. The molecule has 1 aromatic heterocycles. The summed E-state index contributed by atoms with van der Waals surface area (Å²) in [5, 5.41) is 8.53. The number of halogens is 3. The number of aromatic nitrogens is 2. The maximum atomic E-state index is 13.4. The van der Waals surface area contributed by atoms with Crippen LogP contribution in [0.5, 0.6) is 0 Å². The number of ether oxygens (including phenoxy) is 1. The second kappa shape index (κ2) is 10.9. The molecule has 0 radical (unpaired) electrons. The molecule has 184 valence electrons. The van der Waals surface area contributed by atoms with Crippen LogP contribution in [0.2, 0.25) is 0 Å². The molecule has 0 amide bonds. The number of hydrogen-bond acceptors (Lipinski definition) is 5. The lowest BCUT2D eigenvalue weighted by Gasteiger charge is -2.10. The molecule has 4 aromatic rings. The summed E-state index contributed by atoms with van der Waals surface area (Å²) in [6, 6.07) is 21.3. The first-order valence-corrected chi connectivity index (χ1v) is 11.0. The first-order chi connectivity index (χ1) is 17.3. The van der Waals surface area contributed by atoms with Gasteiger partial charge in [-0.15, -0.1) is 0 Å². The largest absolute Gasteiger partial charge is 0.469 e. The Morgan fingerprint density at radius 1 is 0.944 bits per heavy atom. The van der Waals surface area contributed by atoms with Crippen LogP contribution in [0.25, 0.3) is 5.69 Å². The van der Waals surface area contributed by atoms with Crippen LogP contribution in [-0.4, -0.2) is 28.6 Å². The predicted octanol–water partition coefficient (Wildman–Crippen LogP) is 5.58. The van der Waals surface area contributed by atoms with Gasteiger partial charge in [0.2, 0.25) is 0 Å². The van der Waals surface area contributed by atoms with E-state index in [1.165, 1.54) is 19.4 Å². The van der Waals surface area contributed by atoms with Gasteiger partial charge in [0, 0.05) is 17.3 Å². The SMILES string of the molecule is COC(=O)Cc1ccc(CO/N=C(\c2cccc(C(F)(F)F)c2)c2cnn(-c3ccccc3)c2)cc1. The molecule has 0 spiro atoms. The fraction of sp³-hybridized carbons (Fsp3) is 0.148. The maximum absolute atomic E-state index is 13.4. The van der Waals surface area contributed by atoms with E-state index in [1.54, 1.807) is 41.2 Å². The third-order valence-electron chi connectivity index (χ3n) is 5.33. The van der Waals surface area contributed by atoms with E-state index in [0.29, 0.717) is 5.56 Å². The van der Waals surface area contributed by atoms with Crippen molar-refractivity contribution in [2.75, 3.05) is 7.11 Å². The van der Waals surface area contributed by atoms with Crippen molar-refractivity contribution in [1.29, 1.82) is 0 Å². The van der Waals surface area contributed by atoms with Gasteiger partial charge in [-0.1, -0.05) is 59.8 Å². The summed E-state index contributed by atoms with van der Waals surface area (Å²) < 4.78 is 46.3. The molecule has 0 aliphatic rings. The highest BCUT2D eigenvalue weighted by molar-refractivity contribution is 6.12. The summed E-state index contributed by atoms with van der Waals surface area (Å²) in [7, 11) is 1.33. The van der Waals surface area contributed by atoms with E-state index >= 15 is 0 Å². The van der Waals surface area contributed by atoms with Crippen LogP contribution in [0.3, 0.4) is 0 Å². The van der Waals surface area contributed by atoms with Gasteiger partial charge in [-0.25, -0.2) is 4.68 Å². The molecule has 6 nitrogen and oxygen atoms in total. The Hall–Kier alpha value is -4.40. The fourth-order valence-electron chi connectivity index (χ4n) is 3.45. The normalized spacial score (nSPS) is 11.8. The van der Waals surface area contributed by atoms with Crippen molar-refractivity contribution in [2.45, 2.75) is 19.2 Å². The molecule has 0 atom stereocenters. The minimum absolute atomic E-state index is 0.0772. The summed E-state index contributed by atoms with van der Waals surface area (Å²) in [5.41, 5.74) is 2.51. The van der Waals surface area contributed by atoms with Gasteiger partial charge in [0.25, 0.3) is 0 Å². The van der Waals surface area contributed by atoms with Crippen LogP contribution in [-0.2, 0) is 33.6 Å². The highest BCUT2D eigenvalue weighted by Crippen LogP contribution is 2.30. The topological polar surface area (TPSA) is 65.7 Å². The minimum Gasteiger partial charge on any atom is -0.469 e. The van der Waals surface area contributed by atoms with Gasteiger partial charge in [-0.3, -0.25) is 4.79 Å². The number of rotatable bonds is 8. The smallest absolute Gasteiger partial charge is 0.416 e. The number of alkyl halides is 3. The number of esters is 1. The Morgan fingerprint density at radius 2 is 1.67 bits per heavy atom. The van der Waals surface area contributed by atoms with E-state index in [2.05, 4.69) is 15.0 Å². The second-order valence-corrected chi connectivity index (χ2v) is 7.87. The Kier molecular flexibility index (Phi) is 7.48. The molecule has 0 aliphatic carbocycles. The third kappa shape index (κ3) is 6.18. The van der Waals surface area contributed by atoms with Crippen molar-refractivity contribution in [3.8, 4) is 5.69 Å². The zero-order valence-electron chi connectivity index (χ0n) is 19.3. The minimum atomic E-state index is -4.50. The summed E-state index contributed by atoms with van der Waals surface area (Å²) in [6.45, 7) is 0.0772. The summed E-state index contributed by atoms with van der Waals surface area (Å²) in [5.74, 6) is -0.342. The Morgan fingerprint density at radius 3 is 2.36 bits per heavy atom. The molecular weight excluding hydrogens is 471 g/mol. The Labute approximate surface area is 205 Å². The third-order valence-corrected chi connectivity index (χ3v) is 5.33. The monoisotopic (exact) mass is 493 g/mol. The first-order valence-electron chi connectivity index (χ1n) is 11.0. The van der Waals surface area contributed by atoms with Crippen molar-refractivity contribution >= 4 is 11.7 Å². The molecule has 0 aliphatic heterocycles. The standard InChI is InChI=1S/C27H22F3N3O3/c1-35-25(34)14-19-10-12-20(13-11-19)18-36-32-26(21-6-5-7-23(15-21)27(28,29)30)22-16-31-33(17-22)24-8-3-2-4-9-24/h2-13,15-17H,14,18H2,1H3/b32-26+. The lowest BCUT2D eigenvalue weighted by molar-refractivity contribution is -0.140. The number of hydrogen-bond donors (Lipinski definition) is 0. The predicted molar refractivity (Wildman–Crippen MR) is 128 cm³/mol. The van der Waals surface area contributed by atoms with Crippen LogP contribution in [0.1, 0.15) is 27.8 Å². The van der Waals surface area contributed by atoms with Gasteiger partial charge >= 0.3 is 12.1 Å². The molecular formula is C27H22F3N3O3. The molecule has 1 heterocycles. The first kappa shape index (κ1) is 24.7. The van der Waals surface area contributed by atoms with Crippen molar-refractivity contribution in [3.05, 3.63) is 119 Å². The number of nitrogens with zero attached hydrogens (tertiary/aromatic N) is 3. The molecule has 3 aromatic carbocycles. The van der Waals surface area contributed by atoms with Crippen molar-refractivity contribution in [1.82, 2.24) is 9.78 Å². The van der Waals surface area contributed by atoms with Gasteiger partial charge in [-0.05, 0) is 35.4 Å². The Balaban J connectivity index is 1.60. The average molecular weight is 493 g/mol. The van der Waals surface area contributed by atoms with Crippen molar-refractivity contribution in [2.24, 2.45) is 5.16 Å². The van der Waals surface area contributed by atoms with Gasteiger partial charge in [-0.2, -0.15) is 18.3 Å². The van der Waals surface area contributed by atoms with Gasteiger partial charge in [0.15, 0.2) is 0 Å². The molecule has 9 heteroatoms. The van der Waals surface area contributed by atoms with Crippen molar-refractivity contribution < 1.29 is 27.5 Å². The van der Waals surface area contributed by atoms with E-state index in [4.69, 9.17) is 4.84 Å². The molecule has 0 fully saturated rings. The van der Waals surface area contributed by atoms with Crippen molar-refractivity contribution in [3.63, 3.8) is 0 Å². The van der Waals surface area contributed by atoms with Gasteiger partial charge < -0.3 is 9.57 Å². The highest BCUT2D eigenvalue weighted by Gasteiger charge is 2.31. The Bertz CT molecular complexity index is 1350. The van der Waals surface area contributed by atoms with Crippen LogP contribution in [0, 0.1) is 0 Å². The molecule has 0 saturated carbocycles. The molecule has 0 bridgehead atoms. The quantitative estimate of drug-likeness (QED) is 0.183. The van der Waals surface area contributed by atoms with E-state index in [9.17, 15) is 18.0 Å². The van der Waals surface area contributed by atoms with E-state index < -0.39 is 11.7 Å². The van der Waals surface area contributed by atoms with Gasteiger partial charge in [0.1, 0.15) is 12.3 Å². The van der Waals surface area contributed by atoms with Gasteiger partial charge in [0.05, 0.1) is 31.0 Å². The zero-order valence-corrected chi connectivity index (χ0v) is 19.3. The number of carbonyl (C=O) groups excluding carboxylic acids is 1. The number of para-hydroxylation sites is 1. The number of methoxy groups -OCH3 is 1. The van der Waals surface area contributed by atoms with Crippen LogP contribution < -0.4 is 0 Å². The molecule has 36 heavy (non-hydrogen) atoms. The summed E-state index contributed by atoms with van der Waals surface area (Å²) in [4.78, 5) is 17.0. The van der Waals surface area contributed by atoms with E-state index in [-0.39, 0.29) is 30.3 Å². The number of oxime groups is 1. The van der Waals surface area contributed by atoms with Crippen LogP contribution in [0.4, 0.5) is 13.2 Å². The van der Waals surface area contributed by atoms with Crippen LogP contribution in [0.15, 0.2) is 96.4 Å². The summed E-state index contributed by atoms with van der Waals surface area (Å²) >= 11 is 0. The molecule has 4 rings (SSSR count). The highest BCUT2D eigenvalue weighted by atomic mass is 19.4. The van der Waals surface area contributed by atoms with E-state index in [1.807, 2.05) is 30.3 Å². The molecule has 0 saturated heterocycles. The number of carbonyl (C=O) groups is 1. The fourth-order valence-corrected chi connectivity index (χ4v) is 3.45. The maximum Gasteiger partial charge on any atom is 0.416 e. The van der Waals surface area contributed by atoms with Crippen LogP contribution >= 0.6 is 0 Å². The lowest BCUT2D eigenvalue weighted by atomic mass is 10.0. The molecule has 0 N–H and O–H groups in total. The molecule has 0 unspecified atom stereocenters. The second-order valence-electron chi connectivity index (χ2n) is 7.87. The van der Waals surface area contributed by atoms with E-state index in [0.717, 1.165) is 28.9 Å². The zero-order chi connectivity index (χ0) is 25.5.